The first-order chi connectivity index (χ1) is 16.6. The molecule has 0 saturated carbocycles. The van der Waals surface area contributed by atoms with E-state index in [4.69, 9.17) is 9.47 Å². The molecule has 3 rings (SSSR count). The molecule has 1 saturated heterocycles. The topological polar surface area (TPSA) is 89.1 Å². The van der Waals surface area contributed by atoms with E-state index in [9.17, 15) is 22.8 Å². The van der Waals surface area contributed by atoms with Gasteiger partial charge in [-0.05, 0) is 48.2 Å². The molecule has 0 aliphatic carbocycles. The third kappa shape index (κ3) is 8.27. The van der Waals surface area contributed by atoms with Crippen molar-refractivity contribution in [3.05, 3.63) is 53.6 Å². The molecule has 1 heterocycles. The summed E-state index contributed by atoms with van der Waals surface area (Å²) >= 11 is 0. The maximum atomic E-state index is 12.7. The van der Waals surface area contributed by atoms with Crippen LogP contribution in [0.25, 0.3) is 0 Å². The fourth-order valence-corrected chi connectivity index (χ4v) is 3.76. The summed E-state index contributed by atoms with van der Waals surface area (Å²) < 4.78 is 51.0. The normalized spacial score (nSPS) is 14.3. The molecule has 2 aromatic carbocycles. The zero-order valence-corrected chi connectivity index (χ0v) is 19.5. The maximum absolute atomic E-state index is 12.7. The van der Waals surface area contributed by atoms with Crippen LogP contribution in [0.4, 0.5) is 18.0 Å². The number of alkyl halides is 3. The van der Waals surface area contributed by atoms with E-state index >= 15 is 0 Å². The van der Waals surface area contributed by atoms with E-state index in [1.165, 1.54) is 24.3 Å². The lowest BCUT2D eigenvalue weighted by molar-refractivity contribution is -0.274. The summed E-state index contributed by atoms with van der Waals surface area (Å²) in [5.41, 5.74) is 1.42. The lowest BCUT2D eigenvalue weighted by Gasteiger charge is -2.32. The zero-order chi connectivity index (χ0) is 25.4. The van der Waals surface area contributed by atoms with Gasteiger partial charge in [-0.25, -0.2) is 4.79 Å². The first kappa shape index (κ1) is 26.0. The first-order valence-corrected chi connectivity index (χ1v) is 11.0. The lowest BCUT2D eigenvalue weighted by Crippen LogP contribution is -2.49. The van der Waals surface area contributed by atoms with Gasteiger partial charge in [0.2, 0.25) is 5.91 Å². The Hall–Kier alpha value is -3.63. The Labute approximate surface area is 201 Å². The standard InChI is InChI=1S/C24H28F3N3O5/c1-33-20-11-17(12-21(14-20)34-2)13-22(31)30-9-7-18(8-10-30)29-23(32)28-15-16-3-5-19(6-4-16)35-24(25,26)27/h3-6,11-12,14,18H,7-10,13,15H2,1-2H3,(H2,28,29,32). The van der Waals surface area contributed by atoms with E-state index in [1.54, 1.807) is 37.3 Å². The number of likely N-dealkylation sites (tertiary alicyclic amines) is 1. The molecule has 1 aliphatic rings. The predicted molar refractivity (Wildman–Crippen MR) is 121 cm³/mol. The molecule has 35 heavy (non-hydrogen) atoms. The van der Waals surface area contributed by atoms with Crippen molar-refractivity contribution in [1.82, 2.24) is 15.5 Å². The molecular weight excluding hydrogens is 467 g/mol. The summed E-state index contributed by atoms with van der Waals surface area (Å²) in [4.78, 5) is 26.7. The molecular formula is C24H28F3N3O5. The van der Waals surface area contributed by atoms with Crippen LogP contribution in [0.15, 0.2) is 42.5 Å². The number of carbonyl (C=O) groups is 2. The fraction of sp³-hybridized carbons (Fsp3) is 0.417. The van der Waals surface area contributed by atoms with Crippen LogP contribution >= 0.6 is 0 Å². The van der Waals surface area contributed by atoms with Crippen LogP contribution in [-0.2, 0) is 17.8 Å². The Balaban J connectivity index is 1.40. The van der Waals surface area contributed by atoms with Gasteiger partial charge in [-0.3, -0.25) is 4.79 Å². The Morgan fingerprint density at radius 1 is 0.943 bits per heavy atom. The summed E-state index contributed by atoms with van der Waals surface area (Å²) in [6.07, 6.45) is -3.30. The number of hydrogen-bond acceptors (Lipinski definition) is 5. The van der Waals surface area contributed by atoms with Gasteiger partial charge in [-0.2, -0.15) is 0 Å². The molecule has 0 aromatic heterocycles. The number of hydrogen-bond donors (Lipinski definition) is 2. The van der Waals surface area contributed by atoms with Gasteiger partial charge < -0.3 is 29.7 Å². The highest BCUT2D eigenvalue weighted by molar-refractivity contribution is 5.79. The summed E-state index contributed by atoms with van der Waals surface area (Å²) in [6.45, 7) is 1.19. The molecule has 190 valence electrons. The summed E-state index contributed by atoms with van der Waals surface area (Å²) in [6, 6.07) is 10.2. The molecule has 0 atom stereocenters. The van der Waals surface area contributed by atoms with Crippen molar-refractivity contribution >= 4 is 11.9 Å². The number of ether oxygens (including phenoxy) is 3. The average Bonchev–Trinajstić information content (AvgIpc) is 2.82. The van der Waals surface area contributed by atoms with Crippen LogP contribution in [0, 0.1) is 0 Å². The SMILES string of the molecule is COc1cc(CC(=O)N2CCC(NC(=O)NCc3ccc(OC(F)(F)F)cc3)CC2)cc(OC)c1. The van der Waals surface area contributed by atoms with Crippen LogP contribution in [0.3, 0.4) is 0 Å². The minimum absolute atomic E-state index is 0.0128. The van der Waals surface area contributed by atoms with Crippen LogP contribution in [0.5, 0.6) is 17.2 Å². The minimum Gasteiger partial charge on any atom is -0.497 e. The number of amides is 3. The first-order valence-electron chi connectivity index (χ1n) is 11.0. The number of piperidine rings is 1. The van der Waals surface area contributed by atoms with Crippen LogP contribution in [-0.4, -0.2) is 56.6 Å². The molecule has 1 aliphatic heterocycles. The zero-order valence-electron chi connectivity index (χ0n) is 19.5. The maximum Gasteiger partial charge on any atom is 0.573 e. The molecule has 3 amide bonds. The Kier molecular flexibility index (Phi) is 8.67. The van der Waals surface area contributed by atoms with Crippen molar-refractivity contribution in [2.24, 2.45) is 0 Å². The molecule has 1 fully saturated rings. The van der Waals surface area contributed by atoms with E-state index in [0.29, 0.717) is 43.0 Å². The van der Waals surface area contributed by atoms with Gasteiger partial charge in [-0.1, -0.05) is 12.1 Å². The highest BCUT2D eigenvalue weighted by atomic mass is 19.4. The van der Waals surface area contributed by atoms with Crippen molar-refractivity contribution in [1.29, 1.82) is 0 Å². The van der Waals surface area contributed by atoms with E-state index in [-0.39, 0.29) is 36.7 Å². The molecule has 8 nitrogen and oxygen atoms in total. The Morgan fingerprint density at radius 2 is 1.54 bits per heavy atom. The summed E-state index contributed by atoms with van der Waals surface area (Å²) in [5.74, 6) is 0.900. The number of nitrogens with one attached hydrogen (secondary N) is 2. The van der Waals surface area contributed by atoms with E-state index in [2.05, 4.69) is 15.4 Å². The van der Waals surface area contributed by atoms with Gasteiger partial charge in [0.05, 0.1) is 20.6 Å². The molecule has 11 heteroatoms. The van der Waals surface area contributed by atoms with Crippen LogP contribution in [0.1, 0.15) is 24.0 Å². The summed E-state index contributed by atoms with van der Waals surface area (Å²) in [5, 5.41) is 5.56. The van der Waals surface area contributed by atoms with Gasteiger partial charge in [0.15, 0.2) is 0 Å². The Bertz CT molecular complexity index is 984. The second kappa shape index (κ2) is 11.7. The molecule has 0 bridgehead atoms. The monoisotopic (exact) mass is 495 g/mol. The van der Waals surface area contributed by atoms with E-state index < -0.39 is 6.36 Å². The van der Waals surface area contributed by atoms with E-state index in [0.717, 1.165) is 5.56 Å². The quantitative estimate of drug-likeness (QED) is 0.584. The number of halogens is 3. The van der Waals surface area contributed by atoms with Crippen molar-refractivity contribution in [3.8, 4) is 17.2 Å². The second-order valence-electron chi connectivity index (χ2n) is 8.07. The van der Waals surface area contributed by atoms with E-state index in [1.807, 2.05) is 0 Å². The molecule has 0 unspecified atom stereocenters. The van der Waals surface area contributed by atoms with Gasteiger partial charge in [0.1, 0.15) is 17.2 Å². The number of methoxy groups -OCH3 is 2. The van der Waals surface area contributed by atoms with Gasteiger partial charge in [0, 0.05) is 31.7 Å². The molecule has 0 radical (unpaired) electrons. The highest BCUT2D eigenvalue weighted by Crippen LogP contribution is 2.24. The molecule has 2 aromatic rings. The Morgan fingerprint density at radius 3 is 2.09 bits per heavy atom. The predicted octanol–water partition coefficient (Wildman–Crippen LogP) is 3.64. The highest BCUT2D eigenvalue weighted by Gasteiger charge is 2.31. The number of benzene rings is 2. The van der Waals surface area contributed by atoms with Crippen molar-refractivity contribution in [2.45, 2.75) is 38.2 Å². The van der Waals surface area contributed by atoms with Gasteiger partial charge >= 0.3 is 12.4 Å². The fourth-order valence-electron chi connectivity index (χ4n) is 3.76. The summed E-state index contributed by atoms with van der Waals surface area (Å²) in [7, 11) is 3.11. The number of rotatable bonds is 8. The van der Waals surface area contributed by atoms with Crippen molar-refractivity contribution < 1.29 is 37.0 Å². The third-order valence-electron chi connectivity index (χ3n) is 5.56. The number of nitrogens with zero attached hydrogens (tertiary/aromatic N) is 1. The lowest BCUT2D eigenvalue weighted by atomic mass is 10.0. The number of carbonyl (C=O) groups excluding carboxylic acids is 2. The molecule has 2 N–H and O–H groups in total. The van der Waals surface area contributed by atoms with Crippen LogP contribution < -0.4 is 24.8 Å². The van der Waals surface area contributed by atoms with Crippen molar-refractivity contribution in [3.63, 3.8) is 0 Å². The minimum atomic E-state index is -4.75. The van der Waals surface area contributed by atoms with Crippen molar-refractivity contribution in [2.75, 3.05) is 27.3 Å². The van der Waals surface area contributed by atoms with Gasteiger partial charge in [0.25, 0.3) is 0 Å². The smallest absolute Gasteiger partial charge is 0.497 e. The second-order valence-corrected chi connectivity index (χ2v) is 8.07. The molecule has 0 spiro atoms. The van der Waals surface area contributed by atoms with Gasteiger partial charge in [-0.15, -0.1) is 13.2 Å². The largest absolute Gasteiger partial charge is 0.573 e. The van der Waals surface area contributed by atoms with Crippen LogP contribution in [0.2, 0.25) is 0 Å². The third-order valence-corrected chi connectivity index (χ3v) is 5.56. The average molecular weight is 495 g/mol. The number of urea groups is 1.